The standard InChI is InChI=1S/C36H43FN6O3/c1-24(37)35(44)43-20-27-22-45-33-32(42(27)19-26(43)11-15-38)29-12-18-40(31-10-4-8-25-7-2-3-9-28(25)31)21-30(29)39-34(33)46-23-36-13-5-16-41(36)17-6-14-36/h4,8,10,26-27H,1-3,5-7,9,11-14,16-23H2/t26-,27?/m0/s1. The number of amides is 1. The third-order valence-corrected chi connectivity index (χ3v) is 11.5. The van der Waals surface area contributed by atoms with Crippen molar-refractivity contribution in [3.8, 4) is 17.7 Å². The first-order chi connectivity index (χ1) is 22.5. The van der Waals surface area contributed by atoms with E-state index in [9.17, 15) is 14.4 Å². The monoisotopic (exact) mass is 626 g/mol. The maximum Gasteiger partial charge on any atom is 0.282 e. The lowest BCUT2D eigenvalue weighted by Gasteiger charge is -2.50. The number of pyridine rings is 1. The highest BCUT2D eigenvalue weighted by Crippen LogP contribution is 2.48. The fraction of sp³-hybridized carbons (Fsp3) is 0.583. The van der Waals surface area contributed by atoms with E-state index in [-0.39, 0.29) is 24.5 Å². The summed E-state index contributed by atoms with van der Waals surface area (Å²) in [7, 11) is 0. The molecule has 1 aliphatic carbocycles. The topological polar surface area (TPSA) is 85.2 Å². The minimum atomic E-state index is -0.999. The molecule has 3 saturated heterocycles. The van der Waals surface area contributed by atoms with E-state index in [2.05, 4.69) is 45.5 Å². The molecule has 0 bridgehead atoms. The van der Waals surface area contributed by atoms with E-state index in [4.69, 9.17) is 14.5 Å². The van der Waals surface area contributed by atoms with Gasteiger partial charge in [0.05, 0.1) is 48.0 Å². The van der Waals surface area contributed by atoms with E-state index < -0.39 is 17.8 Å². The largest absolute Gasteiger partial charge is 0.484 e. The zero-order valence-corrected chi connectivity index (χ0v) is 26.6. The van der Waals surface area contributed by atoms with Crippen LogP contribution in [0, 0.1) is 11.3 Å². The summed E-state index contributed by atoms with van der Waals surface area (Å²) in [6, 6.07) is 8.32. The molecule has 1 unspecified atom stereocenters. The van der Waals surface area contributed by atoms with Gasteiger partial charge in [-0.25, -0.2) is 9.37 Å². The van der Waals surface area contributed by atoms with Crippen molar-refractivity contribution in [1.82, 2.24) is 14.8 Å². The van der Waals surface area contributed by atoms with Crippen molar-refractivity contribution >= 4 is 17.3 Å². The third kappa shape index (κ3) is 4.90. The van der Waals surface area contributed by atoms with Crippen molar-refractivity contribution in [2.75, 3.05) is 55.7 Å². The molecular weight excluding hydrogens is 583 g/mol. The zero-order valence-electron chi connectivity index (χ0n) is 26.6. The average Bonchev–Trinajstić information content (AvgIpc) is 3.66. The summed E-state index contributed by atoms with van der Waals surface area (Å²) in [5, 5.41) is 9.67. The van der Waals surface area contributed by atoms with Gasteiger partial charge in [-0.05, 0) is 88.1 Å². The molecule has 1 aromatic heterocycles. The molecule has 3 fully saturated rings. The van der Waals surface area contributed by atoms with Gasteiger partial charge in [-0.1, -0.05) is 18.7 Å². The molecular formula is C36H43FN6O3. The molecule has 1 amide bonds. The van der Waals surface area contributed by atoms with Crippen LogP contribution in [-0.4, -0.2) is 84.3 Å². The molecule has 8 rings (SSSR count). The molecule has 2 aromatic rings. The number of piperazine rings is 1. The van der Waals surface area contributed by atoms with Crippen LogP contribution < -0.4 is 19.3 Å². The maximum atomic E-state index is 14.1. The van der Waals surface area contributed by atoms with Gasteiger partial charge in [0.1, 0.15) is 13.2 Å². The van der Waals surface area contributed by atoms with Crippen molar-refractivity contribution in [2.45, 2.75) is 88.4 Å². The number of aryl methyl sites for hydroxylation is 1. The van der Waals surface area contributed by atoms with Crippen molar-refractivity contribution < 1.29 is 18.7 Å². The first kappa shape index (κ1) is 29.6. The Balaban J connectivity index is 1.17. The van der Waals surface area contributed by atoms with E-state index in [0.717, 1.165) is 68.7 Å². The Kier molecular flexibility index (Phi) is 7.55. The highest BCUT2D eigenvalue weighted by atomic mass is 19.1. The van der Waals surface area contributed by atoms with Crippen LogP contribution in [0.1, 0.15) is 67.3 Å². The van der Waals surface area contributed by atoms with Gasteiger partial charge in [-0.15, -0.1) is 0 Å². The van der Waals surface area contributed by atoms with E-state index >= 15 is 0 Å². The summed E-state index contributed by atoms with van der Waals surface area (Å²) in [5.41, 5.74) is 7.46. The number of halogens is 1. The first-order valence-corrected chi connectivity index (χ1v) is 17.2. The van der Waals surface area contributed by atoms with Crippen LogP contribution in [0.2, 0.25) is 0 Å². The number of nitriles is 1. The third-order valence-electron chi connectivity index (χ3n) is 11.5. The molecule has 10 heteroatoms. The van der Waals surface area contributed by atoms with Gasteiger partial charge >= 0.3 is 0 Å². The molecule has 1 aromatic carbocycles. The van der Waals surface area contributed by atoms with E-state index in [1.54, 1.807) is 0 Å². The molecule has 0 saturated carbocycles. The van der Waals surface area contributed by atoms with Crippen LogP contribution in [0.3, 0.4) is 0 Å². The highest BCUT2D eigenvalue weighted by molar-refractivity contribution is 5.91. The maximum absolute atomic E-state index is 14.1. The predicted octanol–water partition coefficient (Wildman–Crippen LogP) is 4.71. The summed E-state index contributed by atoms with van der Waals surface area (Å²) in [6.07, 6.45) is 10.3. The molecule has 46 heavy (non-hydrogen) atoms. The Bertz CT molecular complexity index is 1590. The lowest BCUT2D eigenvalue weighted by atomic mass is 9.89. The molecule has 6 heterocycles. The molecule has 0 N–H and O–H groups in total. The van der Waals surface area contributed by atoms with Crippen LogP contribution >= 0.6 is 0 Å². The van der Waals surface area contributed by atoms with Gasteiger partial charge in [0, 0.05) is 30.9 Å². The molecule has 9 nitrogen and oxygen atoms in total. The average molecular weight is 627 g/mol. The van der Waals surface area contributed by atoms with Gasteiger partial charge in [0.15, 0.2) is 5.83 Å². The number of fused-ring (bicyclic) bond motifs is 7. The number of hydrogen-bond donors (Lipinski definition) is 0. The van der Waals surface area contributed by atoms with Crippen LogP contribution in [0.5, 0.6) is 11.6 Å². The smallest absolute Gasteiger partial charge is 0.282 e. The molecule has 0 spiro atoms. The van der Waals surface area contributed by atoms with Crippen molar-refractivity contribution in [3.05, 3.63) is 53.0 Å². The minimum Gasteiger partial charge on any atom is -0.484 e. The van der Waals surface area contributed by atoms with Crippen molar-refractivity contribution in [1.29, 1.82) is 5.26 Å². The summed E-state index contributed by atoms with van der Waals surface area (Å²) in [5.74, 6) is -0.527. The Morgan fingerprint density at radius 3 is 2.74 bits per heavy atom. The number of anilines is 2. The first-order valence-electron chi connectivity index (χ1n) is 17.2. The summed E-state index contributed by atoms with van der Waals surface area (Å²) < 4.78 is 27.3. The lowest BCUT2D eigenvalue weighted by molar-refractivity contribution is -0.132. The number of hydrogen-bond acceptors (Lipinski definition) is 8. The number of benzene rings is 1. The number of aromatic nitrogens is 1. The Morgan fingerprint density at radius 1 is 1.11 bits per heavy atom. The zero-order chi connectivity index (χ0) is 31.4. The fourth-order valence-electron chi connectivity index (χ4n) is 9.20. The Hall–Kier alpha value is -3.84. The molecule has 0 radical (unpaired) electrons. The van der Waals surface area contributed by atoms with E-state index in [1.807, 2.05) is 0 Å². The van der Waals surface area contributed by atoms with Crippen LogP contribution in [0.4, 0.5) is 15.8 Å². The number of nitrogens with zero attached hydrogens (tertiary/aromatic N) is 6. The van der Waals surface area contributed by atoms with Crippen LogP contribution in [0.25, 0.3) is 0 Å². The van der Waals surface area contributed by atoms with Crippen molar-refractivity contribution in [3.63, 3.8) is 0 Å². The van der Waals surface area contributed by atoms with Gasteiger partial charge in [0.25, 0.3) is 11.8 Å². The Labute approximate surface area is 270 Å². The normalized spacial score (nSPS) is 24.6. The minimum absolute atomic E-state index is 0.0649. The second-order valence-corrected chi connectivity index (χ2v) is 14.0. The fourth-order valence-corrected chi connectivity index (χ4v) is 9.20. The molecule has 2 atom stereocenters. The number of carbonyl (C=O) groups excluding carboxylic acids is 1. The van der Waals surface area contributed by atoms with Crippen LogP contribution in [-0.2, 0) is 30.6 Å². The number of carbonyl (C=O) groups is 1. The Morgan fingerprint density at radius 2 is 1.93 bits per heavy atom. The molecule has 5 aliphatic heterocycles. The lowest BCUT2D eigenvalue weighted by Crippen LogP contribution is -2.63. The van der Waals surface area contributed by atoms with E-state index in [1.165, 1.54) is 47.4 Å². The SMILES string of the molecule is C=C(F)C(=O)N1CC2COc3c(OCC45CCCN4CCC5)nc4c(c3N2C[C@@H]1CC#N)CCN(c1cccc2c1CCCC2)C4. The summed E-state index contributed by atoms with van der Waals surface area (Å²) in [4.78, 5) is 26.9. The van der Waals surface area contributed by atoms with Crippen molar-refractivity contribution in [2.24, 2.45) is 0 Å². The van der Waals surface area contributed by atoms with Gasteiger partial charge in [-0.3, -0.25) is 9.69 Å². The van der Waals surface area contributed by atoms with Crippen LogP contribution in [0.15, 0.2) is 30.6 Å². The highest BCUT2D eigenvalue weighted by Gasteiger charge is 2.47. The number of ether oxygens (including phenoxy) is 2. The second kappa shape index (κ2) is 11.8. The quantitative estimate of drug-likeness (QED) is 0.427. The van der Waals surface area contributed by atoms with E-state index in [0.29, 0.717) is 37.9 Å². The second-order valence-electron chi connectivity index (χ2n) is 14.0. The summed E-state index contributed by atoms with van der Waals surface area (Å²) in [6.45, 7) is 8.64. The van der Waals surface area contributed by atoms with Gasteiger partial charge in [0.2, 0.25) is 5.75 Å². The summed E-state index contributed by atoms with van der Waals surface area (Å²) >= 11 is 0. The molecule has 242 valence electrons. The molecule has 6 aliphatic rings. The van der Waals surface area contributed by atoms with Gasteiger partial charge < -0.3 is 24.2 Å². The number of rotatable bonds is 6. The predicted molar refractivity (Wildman–Crippen MR) is 173 cm³/mol. The van der Waals surface area contributed by atoms with Gasteiger partial charge in [-0.2, -0.15) is 5.26 Å².